The second kappa shape index (κ2) is 6.24. The van der Waals surface area contributed by atoms with Crippen molar-refractivity contribution >= 4 is 10.0 Å². The SMILES string of the molecule is O=S(=O)(c1ccc(F)cc1)N1CCN(C[C@H]2C[C@H]3C=C[C@H]2C3)CC1. The minimum atomic E-state index is -3.51. The van der Waals surface area contributed by atoms with E-state index in [1.807, 2.05) is 0 Å². The molecule has 0 unspecified atom stereocenters. The molecule has 0 spiro atoms. The van der Waals surface area contributed by atoms with Gasteiger partial charge in [-0.25, -0.2) is 12.8 Å². The molecule has 1 saturated heterocycles. The largest absolute Gasteiger partial charge is 0.300 e. The molecule has 6 heteroatoms. The second-order valence-electron chi connectivity index (χ2n) is 7.20. The lowest BCUT2D eigenvalue weighted by Crippen LogP contribution is -2.49. The third-order valence-corrected chi connectivity index (χ3v) is 7.60. The first kappa shape index (κ1) is 16.2. The molecule has 1 saturated carbocycles. The van der Waals surface area contributed by atoms with Crippen molar-refractivity contribution in [3.05, 3.63) is 42.2 Å². The van der Waals surface area contributed by atoms with Crippen molar-refractivity contribution in [2.24, 2.45) is 17.8 Å². The fourth-order valence-electron chi connectivity index (χ4n) is 4.34. The van der Waals surface area contributed by atoms with Crippen molar-refractivity contribution in [2.75, 3.05) is 32.7 Å². The van der Waals surface area contributed by atoms with Gasteiger partial charge in [-0.1, -0.05) is 12.2 Å². The first-order valence-corrected chi connectivity index (χ1v) is 10.1. The quantitative estimate of drug-likeness (QED) is 0.783. The van der Waals surface area contributed by atoms with Crippen LogP contribution in [0.25, 0.3) is 0 Å². The van der Waals surface area contributed by atoms with Crippen molar-refractivity contribution in [2.45, 2.75) is 17.7 Å². The van der Waals surface area contributed by atoms with Gasteiger partial charge in [0.05, 0.1) is 4.90 Å². The monoisotopic (exact) mass is 350 g/mol. The Morgan fingerprint density at radius 3 is 2.29 bits per heavy atom. The molecule has 24 heavy (non-hydrogen) atoms. The molecule has 4 nitrogen and oxygen atoms in total. The Kier molecular flexibility index (Phi) is 4.22. The van der Waals surface area contributed by atoms with Gasteiger partial charge in [-0.3, -0.25) is 0 Å². The topological polar surface area (TPSA) is 40.6 Å². The standard InChI is InChI=1S/C18H23FN2O2S/c19-17-3-5-18(6-4-17)24(22,23)21-9-7-20(8-10-21)13-16-12-14-1-2-15(16)11-14/h1-6,14-16H,7-13H2/t14-,15-,16+/m0/s1. The van der Waals surface area contributed by atoms with Gasteiger partial charge in [0.15, 0.2) is 0 Å². The fraction of sp³-hybridized carbons (Fsp3) is 0.556. The number of hydrogen-bond donors (Lipinski definition) is 0. The number of nitrogens with zero attached hydrogens (tertiary/aromatic N) is 2. The Balaban J connectivity index is 1.35. The number of fused-ring (bicyclic) bond motifs is 2. The van der Waals surface area contributed by atoms with Crippen molar-refractivity contribution < 1.29 is 12.8 Å². The molecule has 0 aromatic heterocycles. The Hall–Kier alpha value is -1.24. The normalized spacial score (nSPS) is 31.0. The van der Waals surface area contributed by atoms with E-state index in [0.29, 0.717) is 13.1 Å². The fourth-order valence-corrected chi connectivity index (χ4v) is 5.77. The van der Waals surface area contributed by atoms with Crippen LogP contribution in [0.2, 0.25) is 0 Å². The number of allylic oxidation sites excluding steroid dienone is 2. The highest BCUT2D eigenvalue weighted by Crippen LogP contribution is 2.43. The van der Waals surface area contributed by atoms with Crippen LogP contribution < -0.4 is 0 Å². The van der Waals surface area contributed by atoms with Crippen molar-refractivity contribution in [1.29, 1.82) is 0 Å². The minimum absolute atomic E-state index is 0.176. The molecule has 1 aromatic rings. The Morgan fingerprint density at radius 2 is 1.71 bits per heavy atom. The maximum atomic E-state index is 13.0. The Morgan fingerprint density at radius 1 is 1.00 bits per heavy atom. The van der Waals surface area contributed by atoms with Crippen LogP contribution in [0.1, 0.15) is 12.8 Å². The van der Waals surface area contributed by atoms with Crippen LogP contribution in [0.3, 0.4) is 0 Å². The first-order valence-electron chi connectivity index (χ1n) is 8.69. The van der Waals surface area contributed by atoms with Crippen LogP contribution in [0.5, 0.6) is 0 Å². The van der Waals surface area contributed by atoms with E-state index in [2.05, 4.69) is 17.1 Å². The molecule has 0 amide bonds. The van der Waals surface area contributed by atoms with Crippen molar-refractivity contribution in [1.82, 2.24) is 9.21 Å². The number of rotatable bonds is 4. The smallest absolute Gasteiger partial charge is 0.243 e. The summed E-state index contributed by atoms with van der Waals surface area (Å²) in [5, 5.41) is 0. The third-order valence-electron chi connectivity index (χ3n) is 5.69. The van der Waals surface area contributed by atoms with Crippen LogP contribution in [-0.2, 0) is 10.0 Å². The van der Waals surface area contributed by atoms with E-state index in [4.69, 9.17) is 0 Å². The summed E-state index contributed by atoms with van der Waals surface area (Å²) in [7, 11) is -3.51. The molecule has 1 aromatic carbocycles. The molecule has 3 atom stereocenters. The molecule has 1 heterocycles. The molecule has 0 N–H and O–H groups in total. The summed E-state index contributed by atoms with van der Waals surface area (Å²) in [6.07, 6.45) is 7.32. The summed E-state index contributed by atoms with van der Waals surface area (Å²) in [6.45, 7) is 3.65. The zero-order valence-electron chi connectivity index (χ0n) is 13.6. The van der Waals surface area contributed by atoms with Gasteiger partial charge >= 0.3 is 0 Å². The third kappa shape index (κ3) is 3.03. The van der Waals surface area contributed by atoms with Crippen molar-refractivity contribution in [3.63, 3.8) is 0 Å². The summed E-state index contributed by atoms with van der Waals surface area (Å²) >= 11 is 0. The molecule has 130 valence electrons. The number of hydrogen-bond acceptors (Lipinski definition) is 3. The summed E-state index contributed by atoms with van der Waals surface area (Å²) in [6, 6.07) is 5.09. The van der Waals surface area contributed by atoms with Gasteiger partial charge < -0.3 is 4.90 Å². The predicted molar refractivity (Wildman–Crippen MR) is 90.4 cm³/mol. The highest BCUT2D eigenvalue weighted by atomic mass is 32.2. The average molecular weight is 350 g/mol. The van der Waals surface area contributed by atoms with Gasteiger partial charge in [-0.05, 0) is 54.9 Å². The Bertz CT molecular complexity index is 724. The number of piperazine rings is 1. The minimum Gasteiger partial charge on any atom is -0.300 e. The number of halogens is 1. The van der Waals surface area contributed by atoms with E-state index in [1.54, 1.807) is 0 Å². The van der Waals surface area contributed by atoms with E-state index in [1.165, 1.54) is 41.4 Å². The highest BCUT2D eigenvalue weighted by molar-refractivity contribution is 7.89. The van der Waals surface area contributed by atoms with Gasteiger partial charge in [0.2, 0.25) is 10.0 Å². The second-order valence-corrected chi connectivity index (χ2v) is 9.14. The number of benzene rings is 1. The van der Waals surface area contributed by atoms with Gasteiger partial charge in [-0.2, -0.15) is 4.31 Å². The summed E-state index contributed by atoms with van der Waals surface area (Å²) in [5.74, 6) is 1.83. The van der Waals surface area contributed by atoms with Crippen LogP contribution in [0, 0.1) is 23.6 Å². The predicted octanol–water partition coefficient (Wildman–Crippen LogP) is 2.34. The molecule has 0 radical (unpaired) electrons. The van der Waals surface area contributed by atoms with Gasteiger partial charge in [0.1, 0.15) is 5.82 Å². The molecular weight excluding hydrogens is 327 g/mol. The Labute approximate surface area is 143 Å². The molecule has 2 bridgehead atoms. The lowest BCUT2D eigenvalue weighted by Gasteiger charge is -2.36. The van der Waals surface area contributed by atoms with E-state index in [9.17, 15) is 12.8 Å². The van der Waals surface area contributed by atoms with Gasteiger partial charge in [0, 0.05) is 32.7 Å². The van der Waals surface area contributed by atoms with E-state index in [0.717, 1.165) is 37.4 Å². The van der Waals surface area contributed by atoms with E-state index < -0.39 is 15.8 Å². The lowest BCUT2D eigenvalue weighted by molar-refractivity contribution is 0.156. The van der Waals surface area contributed by atoms with Gasteiger partial charge in [0.25, 0.3) is 0 Å². The number of sulfonamides is 1. The zero-order valence-corrected chi connectivity index (χ0v) is 14.5. The molecule has 2 fully saturated rings. The van der Waals surface area contributed by atoms with E-state index >= 15 is 0 Å². The van der Waals surface area contributed by atoms with Crippen LogP contribution in [-0.4, -0.2) is 50.3 Å². The van der Waals surface area contributed by atoms with E-state index in [-0.39, 0.29) is 4.90 Å². The summed E-state index contributed by atoms with van der Waals surface area (Å²) < 4.78 is 39.8. The molecule has 2 aliphatic carbocycles. The molecular formula is C18H23FN2O2S. The van der Waals surface area contributed by atoms with Gasteiger partial charge in [-0.15, -0.1) is 0 Å². The zero-order chi connectivity index (χ0) is 16.7. The maximum absolute atomic E-state index is 13.0. The van der Waals surface area contributed by atoms with Crippen LogP contribution >= 0.6 is 0 Å². The summed E-state index contributed by atoms with van der Waals surface area (Å²) in [5.41, 5.74) is 0. The van der Waals surface area contributed by atoms with Crippen molar-refractivity contribution in [3.8, 4) is 0 Å². The molecule has 3 aliphatic rings. The van der Waals surface area contributed by atoms with Crippen LogP contribution in [0.4, 0.5) is 4.39 Å². The summed E-state index contributed by atoms with van der Waals surface area (Å²) in [4.78, 5) is 2.58. The highest BCUT2D eigenvalue weighted by Gasteiger charge is 2.37. The van der Waals surface area contributed by atoms with Crippen LogP contribution in [0.15, 0.2) is 41.3 Å². The molecule has 1 aliphatic heterocycles. The molecule has 4 rings (SSSR count). The lowest BCUT2D eigenvalue weighted by atomic mass is 9.93. The first-order chi connectivity index (χ1) is 11.5. The average Bonchev–Trinajstić information content (AvgIpc) is 3.19. The maximum Gasteiger partial charge on any atom is 0.243 e.